The number of nitrogens with zero attached hydrogens (tertiary/aromatic N) is 2. The van der Waals surface area contributed by atoms with Crippen molar-refractivity contribution in [2.24, 2.45) is 0 Å². The van der Waals surface area contributed by atoms with E-state index >= 15 is 0 Å². The second-order valence-electron chi connectivity index (χ2n) is 4.70. The number of rotatable bonds is 3. The number of carbonyl (C=O) groups is 1. The van der Waals surface area contributed by atoms with Crippen LogP contribution in [0.25, 0.3) is 0 Å². The molecule has 0 radical (unpaired) electrons. The van der Waals surface area contributed by atoms with E-state index in [0.29, 0.717) is 17.2 Å². The predicted molar refractivity (Wildman–Crippen MR) is 72.9 cm³/mol. The van der Waals surface area contributed by atoms with Crippen LogP contribution in [0.3, 0.4) is 0 Å². The zero-order chi connectivity index (χ0) is 14.1. The highest BCUT2D eigenvalue weighted by Gasteiger charge is 2.14. The van der Waals surface area contributed by atoms with Crippen molar-refractivity contribution in [1.29, 1.82) is 0 Å². The summed E-state index contributed by atoms with van der Waals surface area (Å²) in [5, 5.41) is 7.08. The van der Waals surface area contributed by atoms with Crippen molar-refractivity contribution in [3.8, 4) is 11.5 Å². The molecule has 6 heteroatoms. The number of anilines is 1. The SMILES string of the molecule is Cc1cc(C)n(CC(=O)Nc2ccc3c(c2)OCO3)n1. The third-order valence-corrected chi connectivity index (χ3v) is 3.05. The summed E-state index contributed by atoms with van der Waals surface area (Å²) in [5.41, 5.74) is 2.54. The van der Waals surface area contributed by atoms with Crippen LogP contribution < -0.4 is 14.8 Å². The molecule has 0 atom stereocenters. The fourth-order valence-corrected chi connectivity index (χ4v) is 2.15. The van der Waals surface area contributed by atoms with E-state index in [1.165, 1.54) is 0 Å². The van der Waals surface area contributed by atoms with Crippen LogP contribution in [0.5, 0.6) is 11.5 Å². The lowest BCUT2D eigenvalue weighted by molar-refractivity contribution is -0.116. The number of ether oxygens (including phenoxy) is 2. The summed E-state index contributed by atoms with van der Waals surface area (Å²) in [7, 11) is 0. The Morgan fingerprint density at radius 1 is 1.30 bits per heavy atom. The summed E-state index contributed by atoms with van der Waals surface area (Å²) in [6.45, 7) is 4.24. The van der Waals surface area contributed by atoms with E-state index < -0.39 is 0 Å². The molecule has 0 spiro atoms. The number of hydrogen-bond donors (Lipinski definition) is 1. The van der Waals surface area contributed by atoms with E-state index in [4.69, 9.17) is 9.47 Å². The molecule has 2 heterocycles. The van der Waals surface area contributed by atoms with Gasteiger partial charge in [0, 0.05) is 17.4 Å². The minimum atomic E-state index is -0.130. The minimum absolute atomic E-state index is 0.130. The molecule has 6 nitrogen and oxygen atoms in total. The van der Waals surface area contributed by atoms with Crippen molar-refractivity contribution in [1.82, 2.24) is 9.78 Å². The first kappa shape index (κ1) is 12.5. The Balaban J connectivity index is 1.68. The Morgan fingerprint density at radius 3 is 2.85 bits per heavy atom. The Labute approximate surface area is 116 Å². The number of aryl methyl sites for hydroxylation is 2. The summed E-state index contributed by atoms with van der Waals surface area (Å²) in [6.07, 6.45) is 0. The maximum Gasteiger partial charge on any atom is 0.246 e. The smallest absolute Gasteiger partial charge is 0.246 e. The monoisotopic (exact) mass is 273 g/mol. The van der Waals surface area contributed by atoms with Crippen LogP contribution in [-0.2, 0) is 11.3 Å². The van der Waals surface area contributed by atoms with Gasteiger partial charge in [-0.3, -0.25) is 9.48 Å². The van der Waals surface area contributed by atoms with Gasteiger partial charge in [0.2, 0.25) is 12.7 Å². The van der Waals surface area contributed by atoms with E-state index in [2.05, 4.69) is 10.4 Å². The first-order valence-corrected chi connectivity index (χ1v) is 6.32. The number of amides is 1. The first-order chi connectivity index (χ1) is 9.61. The molecular weight excluding hydrogens is 258 g/mol. The van der Waals surface area contributed by atoms with Crippen molar-refractivity contribution < 1.29 is 14.3 Å². The lowest BCUT2D eigenvalue weighted by Gasteiger charge is -2.07. The maximum atomic E-state index is 12.0. The third kappa shape index (κ3) is 2.45. The van der Waals surface area contributed by atoms with E-state index in [-0.39, 0.29) is 19.2 Å². The van der Waals surface area contributed by atoms with Gasteiger partial charge in [0.25, 0.3) is 0 Å². The largest absolute Gasteiger partial charge is 0.454 e. The highest BCUT2D eigenvalue weighted by molar-refractivity contribution is 5.90. The molecule has 1 aliphatic rings. The van der Waals surface area contributed by atoms with Crippen LogP contribution in [0, 0.1) is 13.8 Å². The third-order valence-electron chi connectivity index (χ3n) is 3.05. The Kier molecular flexibility index (Phi) is 3.06. The van der Waals surface area contributed by atoms with Gasteiger partial charge in [-0.25, -0.2) is 0 Å². The molecule has 0 saturated heterocycles. The summed E-state index contributed by atoms with van der Waals surface area (Å²) >= 11 is 0. The predicted octanol–water partition coefficient (Wildman–Crippen LogP) is 1.87. The van der Waals surface area contributed by atoms with Crippen LogP contribution in [0.4, 0.5) is 5.69 Å². The van der Waals surface area contributed by atoms with Gasteiger partial charge in [0.15, 0.2) is 11.5 Å². The van der Waals surface area contributed by atoms with Gasteiger partial charge in [0.05, 0.1) is 5.69 Å². The molecular formula is C14H15N3O3. The molecule has 20 heavy (non-hydrogen) atoms. The molecule has 1 aromatic carbocycles. The molecule has 2 aromatic rings. The second kappa shape index (κ2) is 4.88. The topological polar surface area (TPSA) is 65.4 Å². The number of aromatic nitrogens is 2. The normalized spacial score (nSPS) is 12.5. The Morgan fingerprint density at radius 2 is 2.10 bits per heavy atom. The van der Waals surface area contributed by atoms with Gasteiger partial charge in [-0.15, -0.1) is 0 Å². The molecule has 0 saturated carbocycles. The van der Waals surface area contributed by atoms with Gasteiger partial charge in [-0.1, -0.05) is 0 Å². The molecule has 0 bridgehead atoms. The van der Waals surface area contributed by atoms with Crippen LogP contribution in [-0.4, -0.2) is 22.5 Å². The number of benzene rings is 1. The number of fused-ring (bicyclic) bond motifs is 1. The maximum absolute atomic E-state index is 12.0. The second-order valence-corrected chi connectivity index (χ2v) is 4.70. The first-order valence-electron chi connectivity index (χ1n) is 6.32. The Bertz CT molecular complexity index is 664. The van der Waals surface area contributed by atoms with E-state index in [9.17, 15) is 4.79 Å². The van der Waals surface area contributed by atoms with Gasteiger partial charge in [-0.05, 0) is 32.0 Å². The lowest BCUT2D eigenvalue weighted by Crippen LogP contribution is -2.20. The van der Waals surface area contributed by atoms with E-state index in [1.807, 2.05) is 19.9 Å². The molecule has 1 aliphatic heterocycles. The van der Waals surface area contributed by atoms with Crippen molar-refractivity contribution in [3.05, 3.63) is 35.7 Å². The molecule has 1 aromatic heterocycles. The summed E-state index contributed by atoms with van der Waals surface area (Å²) < 4.78 is 12.2. The van der Waals surface area contributed by atoms with Crippen molar-refractivity contribution in [3.63, 3.8) is 0 Å². The van der Waals surface area contributed by atoms with Crippen LogP contribution in [0.15, 0.2) is 24.3 Å². The molecule has 0 unspecified atom stereocenters. The van der Waals surface area contributed by atoms with Crippen molar-refractivity contribution >= 4 is 11.6 Å². The molecule has 104 valence electrons. The van der Waals surface area contributed by atoms with Crippen molar-refractivity contribution in [2.75, 3.05) is 12.1 Å². The van der Waals surface area contributed by atoms with Gasteiger partial charge >= 0.3 is 0 Å². The van der Waals surface area contributed by atoms with Gasteiger partial charge in [-0.2, -0.15) is 5.10 Å². The lowest BCUT2D eigenvalue weighted by atomic mass is 10.3. The average molecular weight is 273 g/mol. The van der Waals surface area contributed by atoms with Crippen LogP contribution >= 0.6 is 0 Å². The highest BCUT2D eigenvalue weighted by Crippen LogP contribution is 2.34. The fraction of sp³-hybridized carbons (Fsp3) is 0.286. The number of nitrogens with one attached hydrogen (secondary N) is 1. The number of carbonyl (C=O) groups excluding carboxylic acids is 1. The number of hydrogen-bond acceptors (Lipinski definition) is 4. The quantitative estimate of drug-likeness (QED) is 0.927. The van der Waals surface area contributed by atoms with E-state index in [1.54, 1.807) is 22.9 Å². The zero-order valence-electron chi connectivity index (χ0n) is 11.3. The fourth-order valence-electron chi connectivity index (χ4n) is 2.15. The minimum Gasteiger partial charge on any atom is -0.454 e. The molecule has 1 N–H and O–H groups in total. The Hall–Kier alpha value is -2.50. The summed E-state index contributed by atoms with van der Waals surface area (Å²) in [4.78, 5) is 12.0. The molecule has 0 fully saturated rings. The van der Waals surface area contributed by atoms with Crippen LogP contribution in [0.2, 0.25) is 0 Å². The summed E-state index contributed by atoms with van der Waals surface area (Å²) in [5.74, 6) is 1.21. The average Bonchev–Trinajstić information content (AvgIpc) is 2.96. The molecule has 3 rings (SSSR count). The standard InChI is InChI=1S/C14H15N3O3/c1-9-5-10(2)17(16-9)7-14(18)15-11-3-4-12-13(6-11)20-8-19-12/h3-6H,7-8H2,1-2H3,(H,15,18). The highest BCUT2D eigenvalue weighted by atomic mass is 16.7. The van der Waals surface area contributed by atoms with Gasteiger partial charge in [0.1, 0.15) is 6.54 Å². The van der Waals surface area contributed by atoms with Gasteiger partial charge < -0.3 is 14.8 Å². The van der Waals surface area contributed by atoms with Crippen molar-refractivity contribution in [2.45, 2.75) is 20.4 Å². The zero-order valence-corrected chi connectivity index (χ0v) is 11.3. The molecule has 1 amide bonds. The molecule has 0 aliphatic carbocycles. The summed E-state index contributed by atoms with van der Waals surface area (Å²) in [6, 6.07) is 7.25. The van der Waals surface area contributed by atoms with E-state index in [0.717, 1.165) is 11.4 Å². The van der Waals surface area contributed by atoms with Crippen LogP contribution in [0.1, 0.15) is 11.4 Å².